The fraction of sp³-hybridized carbons (Fsp3) is 0.538. The van der Waals surface area contributed by atoms with Gasteiger partial charge in [-0.2, -0.15) is 0 Å². The SMILES string of the molecule is Cc1csc(CN(C)Cc2nc(C)c(C)n2C)n1. The molecule has 0 aromatic carbocycles. The molecule has 0 aliphatic rings. The Kier molecular flexibility index (Phi) is 3.82. The predicted molar refractivity (Wildman–Crippen MR) is 74.7 cm³/mol. The van der Waals surface area contributed by atoms with Gasteiger partial charge in [-0.3, -0.25) is 4.90 Å². The van der Waals surface area contributed by atoms with Gasteiger partial charge in [-0.25, -0.2) is 9.97 Å². The van der Waals surface area contributed by atoms with Crippen LogP contribution in [0.3, 0.4) is 0 Å². The summed E-state index contributed by atoms with van der Waals surface area (Å²) < 4.78 is 2.17. The summed E-state index contributed by atoms with van der Waals surface area (Å²) in [6, 6.07) is 0. The highest BCUT2D eigenvalue weighted by molar-refractivity contribution is 7.09. The van der Waals surface area contributed by atoms with E-state index in [0.29, 0.717) is 0 Å². The van der Waals surface area contributed by atoms with E-state index in [1.807, 2.05) is 6.92 Å². The molecule has 0 radical (unpaired) electrons. The molecular weight excluding hydrogens is 244 g/mol. The minimum Gasteiger partial charge on any atom is -0.334 e. The van der Waals surface area contributed by atoms with Crippen molar-refractivity contribution in [2.45, 2.75) is 33.9 Å². The maximum absolute atomic E-state index is 4.60. The largest absolute Gasteiger partial charge is 0.334 e. The molecule has 0 atom stereocenters. The van der Waals surface area contributed by atoms with Crippen molar-refractivity contribution in [2.24, 2.45) is 7.05 Å². The third-order valence-corrected chi connectivity index (χ3v) is 4.15. The zero-order valence-electron chi connectivity index (χ0n) is 11.7. The molecule has 2 aromatic rings. The van der Waals surface area contributed by atoms with Crippen molar-refractivity contribution in [2.75, 3.05) is 7.05 Å². The second-order valence-electron chi connectivity index (χ2n) is 4.81. The third-order valence-electron chi connectivity index (χ3n) is 3.19. The molecule has 0 fully saturated rings. The average molecular weight is 264 g/mol. The Morgan fingerprint density at radius 2 is 1.94 bits per heavy atom. The lowest BCUT2D eigenvalue weighted by Crippen LogP contribution is -2.19. The standard InChI is InChI=1S/C13H20N4S/c1-9-8-18-13(14-9)7-16(4)6-12-15-10(2)11(3)17(12)5/h8H,6-7H2,1-5H3. The minimum atomic E-state index is 0.851. The molecule has 0 N–H and O–H groups in total. The monoisotopic (exact) mass is 264 g/mol. The fourth-order valence-electron chi connectivity index (χ4n) is 1.93. The molecule has 0 aliphatic heterocycles. The molecule has 0 unspecified atom stereocenters. The molecule has 4 nitrogen and oxygen atoms in total. The summed E-state index contributed by atoms with van der Waals surface area (Å²) >= 11 is 1.72. The Balaban J connectivity index is 2.02. The normalized spacial score (nSPS) is 11.4. The Morgan fingerprint density at radius 3 is 2.44 bits per heavy atom. The Bertz CT molecular complexity index is 541. The molecule has 0 aliphatic carbocycles. The summed E-state index contributed by atoms with van der Waals surface area (Å²) in [6.45, 7) is 7.93. The highest BCUT2D eigenvalue weighted by Gasteiger charge is 2.11. The zero-order valence-corrected chi connectivity index (χ0v) is 12.5. The Labute approximate surface area is 112 Å². The molecule has 98 valence electrons. The zero-order chi connectivity index (χ0) is 13.3. The molecule has 0 saturated carbocycles. The molecule has 0 amide bonds. The molecule has 2 aromatic heterocycles. The first-order chi connectivity index (χ1) is 8.47. The van der Waals surface area contributed by atoms with Crippen LogP contribution in [-0.4, -0.2) is 26.5 Å². The minimum absolute atomic E-state index is 0.851. The van der Waals surface area contributed by atoms with Gasteiger partial charge in [0.25, 0.3) is 0 Å². The first kappa shape index (κ1) is 13.2. The van der Waals surface area contributed by atoms with Crippen molar-refractivity contribution in [3.05, 3.63) is 33.3 Å². The van der Waals surface area contributed by atoms with Crippen LogP contribution in [0.4, 0.5) is 0 Å². The molecule has 0 bridgehead atoms. The van der Waals surface area contributed by atoms with Crippen LogP contribution in [0.1, 0.15) is 27.9 Å². The van der Waals surface area contributed by atoms with Crippen LogP contribution in [0.2, 0.25) is 0 Å². The van der Waals surface area contributed by atoms with Crippen molar-refractivity contribution in [3.63, 3.8) is 0 Å². The molecule has 0 saturated heterocycles. The number of hydrogen-bond acceptors (Lipinski definition) is 4. The lowest BCUT2D eigenvalue weighted by atomic mass is 10.4. The van der Waals surface area contributed by atoms with E-state index in [0.717, 1.165) is 35.3 Å². The van der Waals surface area contributed by atoms with Gasteiger partial charge in [-0.15, -0.1) is 11.3 Å². The number of imidazole rings is 1. The number of nitrogens with zero attached hydrogens (tertiary/aromatic N) is 4. The van der Waals surface area contributed by atoms with Crippen molar-refractivity contribution in [1.29, 1.82) is 0 Å². The van der Waals surface area contributed by atoms with Gasteiger partial charge in [0.15, 0.2) is 0 Å². The number of aryl methyl sites for hydroxylation is 2. The summed E-state index contributed by atoms with van der Waals surface area (Å²) in [7, 11) is 4.18. The van der Waals surface area contributed by atoms with Crippen LogP contribution in [0.5, 0.6) is 0 Å². The van der Waals surface area contributed by atoms with Gasteiger partial charge >= 0.3 is 0 Å². The molecule has 0 spiro atoms. The number of aromatic nitrogens is 3. The third kappa shape index (κ3) is 2.79. The predicted octanol–water partition coefficient (Wildman–Crippen LogP) is 2.43. The summed E-state index contributed by atoms with van der Waals surface area (Å²) in [5, 5.41) is 3.26. The van der Waals surface area contributed by atoms with Gasteiger partial charge < -0.3 is 4.57 Å². The van der Waals surface area contributed by atoms with E-state index in [2.05, 4.69) is 52.8 Å². The molecule has 5 heteroatoms. The van der Waals surface area contributed by atoms with Crippen molar-refractivity contribution in [3.8, 4) is 0 Å². The summed E-state index contributed by atoms with van der Waals surface area (Å²) in [5.41, 5.74) is 3.46. The fourth-order valence-corrected chi connectivity index (χ4v) is 2.78. The topological polar surface area (TPSA) is 34.0 Å². The highest BCUT2D eigenvalue weighted by Crippen LogP contribution is 2.14. The van der Waals surface area contributed by atoms with Crippen LogP contribution >= 0.6 is 11.3 Å². The smallest absolute Gasteiger partial charge is 0.123 e. The Morgan fingerprint density at radius 1 is 1.22 bits per heavy atom. The van der Waals surface area contributed by atoms with Crippen LogP contribution in [0.25, 0.3) is 0 Å². The number of rotatable bonds is 4. The first-order valence-electron chi connectivity index (χ1n) is 6.05. The van der Waals surface area contributed by atoms with E-state index in [9.17, 15) is 0 Å². The van der Waals surface area contributed by atoms with Crippen LogP contribution in [0, 0.1) is 20.8 Å². The van der Waals surface area contributed by atoms with E-state index in [4.69, 9.17) is 0 Å². The molecule has 18 heavy (non-hydrogen) atoms. The summed E-state index contributed by atoms with van der Waals surface area (Å²) in [5.74, 6) is 1.11. The van der Waals surface area contributed by atoms with Gasteiger partial charge in [-0.05, 0) is 27.8 Å². The maximum atomic E-state index is 4.60. The van der Waals surface area contributed by atoms with E-state index >= 15 is 0 Å². The van der Waals surface area contributed by atoms with Crippen molar-refractivity contribution >= 4 is 11.3 Å². The van der Waals surface area contributed by atoms with E-state index in [-0.39, 0.29) is 0 Å². The van der Waals surface area contributed by atoms with Gasteiger partial charge in [0, 0.05) is 23.8 Å². The van der Waals surface area contributed by atoms with E-state index in [1.54, 1.807) is 11.3 Å². The quantitative estimate of drug-likeness (QED) is 0.850. The van der Waals surface area contributed by atoms with Crippen molar-refractivity contribution in [1.82, 2.24) is 19.4 Å². The molecular formula is C13H20N4S. The Hall–Kier alpha value is -1.20. The van der Waals surface area contributed by atoms with E-state index in [1.165, 1.54) is 5.69 Å². The second kappa shape index (κ2) is 5.20. The summed E-state index contributed by atoms with van der Waals surface area (Å²) in [4.78, 5) is 11.3. The lowest BCUT2D eigenvalue weighted by Gasteiger charge is -2.14. The average Bonchev–Trinajstić information content (AvgIpc) is 2.80. The molecule has 2 heterocycles. The van der Waals surface area contributed by atoms with Gasteiger partial charge in [0.2, 0.25) is 0 Å². The van der Waals surface area contributed by atoms with Crippen LogP contribution in [0.15, 0.2) is 5.38 Å². The number of hydrogen-bond donors (Lipinski definition) is 0. The van der Waals surface area contributed by atoms with Gasteiger partial charge in [0.1, 0.15) is 10.8 Å². The lowest BCUT2D eigenvalue weighted by molar-refractivity contribution is 0.306. The highest BCUT2D eigenvalue weighted by atomic mass is 32.1. The molecule has 2 rings (SSSR count). The van der Waals surface area contributed by atoms with Crippen LogP contribution in [-0.2, 0) is 20.1 Å². The summed E-state index contributed by atoms with van der Waals surface area (Å²) in [6.07, 6.45) is 0. The van der Waals surface area contributed by atoms with Gasteiger partial charge in [-0.1, -0.05) is 0 Å². The number of thiazole rings is 1. The van der Waals surface area contributed by atoms with Crippen LogP contribution < -0.4 is 0 Å². The van der Waals surface area contributed by atoms with Gasteiger partial charge in [0.05, 0.1) is 18.8 Å². The van der Waals surface area contributed by atoms with E-state index < -0.39 is 0 Å². The van der Waals surface area contributed by atoms with Crippen molar-refractivity contribution < 1.29 is 0 Å². The second-order valence-corrected chi connectivity index (χ2v) is 5.76. The first-order valence-corrected chi connectivity index (χ1v) is 6.93. The maximum Gasteiger partial charge on any atom is 0.123 e.